The highest BCUT2D eigenvalue weighted by atomic mass is 35.5. The van der Waals surface area contributed by atoms with Gasteiger partial charge in [0.05, 0.1) is 17.8 Å². The first kappa shape index (κ1) is 20.1. The number of hydrogen-bond donors (Lipinski definition) is 2. The molecule has 6 heteroatoms. The van der Waals surface area contributed by atoms with Gasteiger partial charge in [-0.25, -0.2) is 4.68 Å². The molecule has 0 saturated heterocycles. The third-order valence-corrected chi connectivity index (χ3v) is 4.89. The summed E-state index contributed by atoms with van der Waals surface area (Å²) in [6.07, 6.45) is 0.280. The molecule has 0 bridgehead atoms. The van der Waals surface area contributed by atoms with Crippen molar-refractivity contribution >= 4 is 23.2 Å². The van der Waals surface area contributed by atoms with Gasteiger partial charge in [-0.15, -0.1) is 0 Å². The molecule has 0 fully saturated rings. The van der Waals surface area contributed by atoms with Gasteiger partial charge in [-0.1, -0.05) is 30.7 Å². The first-order chi connectivity index (χ1) is 13.5. The van der Waals surface area contributed by atoms with Gasteiger partial charge in [0.1, 0.15) is 0 Å². The van der Waals surface area contributed by atoms with Crippen LogP contribution in [0.25, 0.3) is 5.69 Å². The van der Waals surface area contributed by atoms with Gasteiger partial charge in [-0.3, -0.25) is 4.79 Å². The average molecular weight is 397 g/mol. The van der Waals surface area contributed by atoms with Gasteiger partial charge in [0, 0.05) is 28.5 Å². The minimum absolute atomic E-state index is 0.0533. The van der Waals surface area contributed by atoms with E-state index in [1.165, 1.54) is 0 Å². The van der Waals surface area contributed by atoms with Crippen LogP contribution in [0.3, 0.4) is 0 Å². The van der Waals surface area contributed by atoms with Gasteiger partial charge in [0.2, 0.25) is 5.91 Å². The number of hydrogen-bond acceptors (Lipinski definition) is 3. The average Bonchev–Trinajstić information content (AvgIpc) is 2.95. The molecular weight excluding hydrogens is 372 g/mol. The van der Waals surface area contributed by atoms with Crippen molar-refractivity contribution in [3.8, 4) is 5.69 Å². The summed E-state index contributed by atoms with van der Waals surface area (Å²) in [5.74, 6) is -0.0533. The predicted octanol–water partition coefficient (Wildman–Crippen LogP) is 4.43. The normalized spacial score (nSPS) is 10.9. The van der Waals surface area contributed by atoms with Crippen LogP contribution in [-0.4, -0.2) is 22.2 Å². The van der Waals surface area contributed by atoms with Gasteiger partial charge in [-0.05, 0) is 62.4 Å². The maximum Gasteiger partial charge on any atom is 0.228 e. The number of nitrogens with one attached hydrogen (secondary N) is 2. The Morgan fingerprint density at radius 3 is 2.61 bits per heavy atom. The maximum atomic E-state index is 12.6. The number of rotatable bonds is 7. The van der Waals surface area contributed by atoms with Crippen molar-refractivity contribution in [2.24, 2.45) is 0 Å². The van der Waals surface area contributed by atoms with E-state index in [4.69, 9.17) is 11.6 Å². The van der Waals surface area contributed by atoms with Gasteiger partial charge in [0.15, 0.2) is 0 Å². The molecule has 0 atom stereocenters. The Morgan fingerprint density at radius 2 is 1.89 bits per heavy atom. The van der Waals surface area contributed by atoms with Crippen LogP contribution in [0.1, 0.15) is 29.4 Å². The van der Waals surface area contributed by atoms with Crippen molar-refractivity contribution in [1.29, 1.82) is 0 Å². The summed E-state index contributed by atoms with van der Waals surface area (Å²) in [6.45, 7) is 7.67. The van der Waals surface area contributed by atoms with Gasteiger partial charge < -0.3 is 10.6 Å². The zero-order chi connectivity index (χ0) is 20.1. The Labute approximate surface area is 170 Å². The SMILES string of the molecule is CCNCc1cccc(NC(=O)Cc2c(C)nn(-c3ccc(Cl)cc3)c2C)c1. The van der Waals surface area contributed by atoms with E-state index in [9.17, 15) is 4.79 Å². The quantitative estimate of drug-likeness (QED) is 0.621. The van der Waals surface area contributed by atoms with E-state index in [2.05, 4.69) is 22.7 Å². The number of amides is 1. The zero-order valence-electron chi connectivity index (χ0n) is 16.4. The highest BCUT2D eigenvalue weighted by molar-refractivity contribution is 6.30. The number of benzene rings is 2. The largest absolute Gasteiger partial charge is 0.326 e. The van der Waals surface area contributed by atoms with Crippen molar-refractivity contribution in [2.75, 3.05) is 11.9 Å². The van der Waals surface area contributed by atoms with Crippen molar-refractivity contribution in [1.82, 2.24) is 15.1 Å². The molecule has 2 N–H and O–H groups in total. The summed E-state index contributed by atoms with van der Waals surface area (Å²) >= 11 is 5.97. The van der Waals surface area contributed by atoms with Crippen LogP contribution in [0, 0.1) is 13.8 Å². The van der Waals surface area contributed by atoms with Gasteiger partial charge in [-0.2, -0.15) is 5.10 Å². The van der Waals surface area contributed by atoms with E-state index in [1.807, 2.05) is 67.1 Å². The Morgan fingerprint density at radius 1 is 1.14 bits per heavy atom. The molecule has 2 aromatic carbocycles. The summed E-state index contributed by atoms with van der Waals surface area (Å²) in [6, 6.07) is 15.4. The molecule has 1 aromatic heterocycles. The van der Waals surface area contributed by atoms with Crippen LogP contribution in [0.5, 0.6) is 0 Å². The third-order valence-electron chi connectivity index (χ3n) is 4.64. The number of nitrogens with zero attached hydrogens (tertiary/aromatic N) is 2. The van der Waals surface area contributed by atoms with Crippen LogP contribution < -0.4 is 10.6 Å². The van der Waals surface area contributed by atoms with Gasteiger partial charge in [0.25, 0.3) is 0 Å². The van der Waals surface area contributed by atoms with Crippen LogP contribution >= 0.6 is 11.6 Å². The van der Waals surface area contributed by atoms with E-state index in [0.717, 1.165) is 47.0 Å². The van der Waals surface area contributed by atoms with Gasteiger partial charge >= 0.3 is 0 Å². The summed E-state index contributed by atoms with van der Waals surface area (Å²) in [7, 11) is 0. The molecule has 5 nitrogen and oxygen atoms in total. The van der Waals surface area contributed by atoms with Crippen LogP contribution in [0.2, 0.25) is 5.02 Å². The fourth-order valence-electron chi connectivity index (χ4n) is 3.16. The first-order valence-corrected chi connectivity index (χ1v) is 9.76. The lowest BCUT2D eigenvalue weighted by Crippen LogP contribution is -2.16. The predicted molar refractivity (Wildman–Crippen MR) is 114 cm³/mol. The van der Waals surface area contributed by atoms with E-state index < -0.39 is 0 Å². The van der Waals surface area contributed by atoms with E-state index in [0.29, 0.717) is 5.02 Å². The van der Waals surface area contributed by atoms with E-state index in [-0.39, 0.29) is 12.3 Å². The maximum absolute atomic E-state index is 12.6. The fraction of sp³-hybridized carbons (Fsp3) is 0.273. The Balaban J connectivity index is 1.73. The van der Waals surface area contributed by atoms with Crippen LogP contribution in [0.4, 0.5) is 5.69 Å². The smallest absolute Gasteiger partial charge is 0.228 e. The summed E-state index contributed by atoms with van der Waals surface area (Å²) < 4.78 is 1.85. The Bertz CT molecular complexity index is 963. The first-order valence-electron chi connectivity index (χ1n) is 9.38. The molecule has 0 unspecified atom stereocenters. The topological polar surface area (TPSA) is 58.9 Å². The minimum Gasteiger partial charge on any atom is -0.326 e. The molecule has 3 aromatic rings. The molecule has 0 spiro atoms. The molecular formula is C22H25ClN4O. The van der Waals surface area contributed by atoms with Crippen LogP contribution in [0.15, 0.2) is 48.5 Å². The molecule has 0 aliphatic carbocycles. The highest BCUT2D eigenvalue weighted by Gasteiger charge is 2.16. The second kappa shape index (κ2) is 9.04. The van der Waals surface area contributed by atoms with E-state index in [1.54, 1.807) is 0 Å². The Kier molecular flexibility index (Phi) is 6.49. The second-order valence-corrected chi connectivity index (χ2v) is 7.18. The molecule has 1 heterocycles. The monoisotopic (exact) mass is 396 g/mol. The Hall–Kier alpha value is -2.63. The number of aromatic nitrogens is 2. The fourth-order valence-corrected chi connectivity index (χ4v) is 3.28. The minimum atomic E-state index is -0.0533. The summed E-state index contributed by atoms with van der Waals surface area (Å²) in [4.78, 5) is 12.6. The molecule has 28 heavy (non-hydrogen) atoms. The molecule has 0 radical (unpaired) electrons. The lowest BCUT2D eigenvalue weighted by atomic mass is 10.1. The van der Waals surface area contributed by atoms with Crippen molar-refractivity contribution < 1.29 is 4.79 Å². The van der Waals surface area contributed by atoms with Crippen molar-refractivity contribution in [3.05, 3.63) is 76.1 Å². The number of aryl methyl sites for hydroxylation is 1. The second-order valence-electron chi connectivity index (χ2n) is 6.74. The third kappa shape index (κ3) is 4.80. The lowest BCUT2D eigenvalue weighted by Gasteiger charge is -2.09. The number of carbonyl (C=O) groups is 1. The van der Waals surface area contributed by atoms with Crippen molar-refractivity contribution in [2.45, 2.75) is 33.7 Å². The highest BCUT2D eigenvalue weighted by Crippen LogP contribution is 2.21. The summed E-state index contributed by atoms with van der Waals surface area (Å²) in [5, 5.41) is 11.6. The zero-order valence-corrected chi connectivity index (χ0v) is 17.2. The molecule has 3 rings (SSSR count). The molecule has 0 aliphatic rings. The van der Waals surface area contributed by atoms with Crippen molar-refractivity contribution in [3.63, 3.8) is 0 Å². The standard InChI is InChI=1S/C22H25ClN4O/c1-4-24-14-17-6-5-7-19(12-17)25-22(28)13-21-15(2)26-27(16(21)3)20-10-8-18(23)9-11-20/h5-12,24H,4,13-14H2,1-3H3,(H,25,28). The molecule has 0 aliphatic heterocycles. The lowest BCUT2D eigenvalue weighted by molar-refractivity contribution is -0.115. The number of carbonyl (C=O) groups excluding carboxylic acids is 1. The van der Waals surface area contributed by atoms with Crippen LogP contribution in [-0.2, 0) is 17.8 Å². The molecule has 0 saturated carbocycles. The molecule has 1 amide bonds. The number of anilines is 1. The molecule has 146 valence electrons. The summed E-state index contributed by atoms with van der Waals surface area (Å²) in [5.41, 5.74) is 5.62. The van der Waals surface area contributed by atoms with E-state index >= 15 is 0 Å². The number of halogens is 1.